The van der Waals surface area contributed by atoms with E-state index in [0.717, 1.165) is 40.6 Å². The molecule has 1 aromatic rings. The highest BCUT2D eigenvalue weighted by molar-refractivity contribution is 14.1. The minimum atomic E-state index is 0.124. The Bertz CT molecular complexity index is 588. The fourth-order valence-corrected chi connectivity index (χ4v) is 3.87. The van der Waals surface area contributed by atoms with Crippen molar-refractivity contribution in [3.63, 3.8) is 0 Å². The number of nitrogens with zero attached hydrogens (tertiary/aromatic N) is 1. The molecule has 0 spiro atoms. The lowest BCUT2D eigenvalue weighted by Gasteiger charge is -2.41. The number of hydrogen-bond acceptors (Lipinski definition) is 2. The molecule has 2 atom stereocenters. The maximum absolute atomic E-state index is 12.7. The van der Waals surface area contributed by atoms with E-state index in [1.54, 1.807) is 0 Å². The molecule has 0 radical (unpaired) electrons. The summed E-state index contributed by atoms with van der Waals surface area (Å²) in [5.41, 5.74) is 1.94. The van der Waals surface area contributed by atoms with Crippen molar-refractivity contribution in [2.24, 2.45) is 5.92 Å². The van der Waals surface area contributed by atoms with Gasteiger partial charge in [0, 0.05) is 29.1 Å². The molecule has 2 fully saturated rings. The van der Waals surface area contributed by atoms with Crippen molar-refractivity contribution in [2.45, 2.75) is 32.2 Å². The summed E-state index contributed by atoms with van der Waals surface area (Å²) in [6.07, 6.45) is 2.35. The van der Waals surface area contributed by atoms with Crippen molar-refractivity contribution in [2.75, 3.05) is 13.1 Å². The standard InChI is InChI=1S/C16H19IN2O2/c1-10-3-2-4-12(15(10)17)16(21)19-8-7-13-11(9-19)5-6-14(20)18-13/h2-4,11,13H,5-9H2,1H3,(H,18,20). The third-order valence-corrected chi connectivity index (χ3v) is 5.96. The molecule has 0 aromatic heterocycles. The minimum Gasteiger partial charge on any atom is -0.353 e. The molecule has 1 aromatic carbocycles. The monoisotopic (exact) mass is 398 g/mol. The highest BCUT2D eigenvalue weighted by atomic mass is 127. The van der Waals surface area contributed by atoms with Gasteiger partial charge in [-0.2, -0.15) is 0 Å². The molecule has 0 saturated carbocycles. The molecule has 3 rings (SSSR count). The van der Waals surface area contributed by atoms with Gasteiger partial charge in [-0.05, 0) is 59.9 Å². The van der Waals surface area contributed by atoms with Crippen LogP contribution in [0.1, 0.15) is 35.2 Å². The predicted molar refractivity (Wildman–Crippen MR) is 89.1 cm³/mol. The smallest absolute Gasteiger partial charge is 0.254 e. The van der Waals surface area contributed by atoms with E-state index in [0.29, 0.717) is 12.3 Å². The van der Waals surface area contributed by atoms with Gasteiger partial charge in [0.2, 0.25) is 5.91 Å². The Morgan fingerprint density at radius 1 is 1.38 bits per heavy atom. The largest absolute Gasteiger partial charge is 0.353 e. The van der Waals surface area contributed by atoms with E-state index in [-0.39, 0.29) is 17.9 Å². The Balaban J connectivity index is 1.75. The van der Waals surface area contributed by atoms with Crippen LogP contribution >= 0.6 is 22.6 Å². The Labute approximate surface area is 138 Å². The van der Waals surface area contributed by atoms with Crippen LogP contribution in [0, 0.1) is 16.4 Å². The lowest BCUT2D eigenvalue weighted by atomic mass is 9.85. The quantitative estimate of drug-likeness (QED) is 0.739. The van der Waals surface area contributed by atoms with Gasteiger partial charge in [0.1, 0.15) is 0 Å². The number of nitrogens with one attached hydrogen (secondary N) is 1. The third-order valence-electron chi connectivity index (χ3n) is 4.53. The van der Waals surface area contributed by atoms with Crippen molar-refractivity contribution in [1.82, 2.24) is 10.2 Å². The first-order valence-corrected chi connectivity index (χ1v) is 8.48. The van der Waals surface area contributed by atoms with Gasteiger partial charge in [-0.3, -0.25) is 9.59 Å². The molecule has 0 bridgehead atoms. The molecule has 4 nitrogen and oxygen atoms in total. The summed E-state index contributed by atoms with van der Waals surface area (Å²) in [6, 6.07) is 6.14. The van der Waals surface area contributed by atoms with Gasteiger partial charge in [-0.1, -0.05) is 12.1 Å². The number of benzene rings is 1. The summed E-state index contributed by atoms with van der Waals surface area (Å²) in [5.74, 6) is 0.686. The Kier molecular flexibility index (Phi) is 4.19. The molecular weight excluding hydrogens is 379 g/mol. The number of carbonyl (C=O) groups is 2. The van der Waals surface area contributed by atoms with Crippen LogP contribution in [-0.4, -0.2) is 35.8 Å². The van der Waals surface area contributed by atoms with Gasteiger partial charge in [0.15, 0.2) is 0 Å². The van der Waals surface area contributed by atoms with Crippen LogP contribution in [0.3, 0.4) is 0 Å². The SMILES string of the molecule is Cc1cccc(C(=O)N2CCC3NC(=O)CCC3C2)c1I. The number of rotatable bonds is 1. The average molecular weight is 398 g/mol. The van der Waals surface area contributed by atoms with Crippen LogP contribution in [0.5, 0.6) is 0 Å². The molecule has 2 unspecified atom stereocenters. The molecule has 1 N–H and O–H groups in total. The molecular formula is C16H19IN2O2. The molecule has 2 aliphatic heterocycles. The van der Waals surface area contributed by atoms with E-state index in [4.69, 9.17) is 0 Å². The molecule has 112 valence electrons. The zero-order valence-corrected chi connectivity index (χ0v) is 14.2. The van der Waals surface area contributed by atoms with E-state index in [1.807, 2.05) is 30.0 Å². The number of fused-ring (bicyclic) bond motifs is 1. The summed E-state index contributed by atoms with van der Waals surface area (Å²) < 4.78 is 1.04. The zero-order chi connectivity index (χ0) is 15.0. The number of amides is 2. The molecule has 2 amide bonds. The van der Waals surface area contributed by atoms with Crippen LogP contribution in [-0.2, 0) is 4.79 Å². The summed E-state index contributed by atoms with van der Waals surface area (Å²) in [6.45, 7) is 3.51. The Morgan fingerprint density at radius 3 is 3.00 bits per heavy atom. The van der Waals surface area contributed by atoms with Crippen molar-refractivity contribution < 1.29 is 9.59 Å². The topological polar surface area (TPSA) is 49.4 Å². The molecule has 5 heteroatoms. The number of hydrogen-bond donors (Lipinski definition) is 1. The molecule has 2 heterocycles. The van der Waals surface area contributed by atoms with E-state index in [9.17, 15) is 9.59 Å². The number of likely N-dealkylation sites (tertiary alicyclic amines) is 1. The van der Waals surface area contributed by atoms with Crippen molar-refractivity contribution in [3.05, 3.63) is 32.9 Å². The molecule has 21 heavy (non-hydrogen) atoms. The van der Waals surface area contributed by atoms with E-state index < -0.39 is 0 Å². The normalized spacial score (nSPS) is 25.2. The highest BCUT2D eigenvalue weighted by Crippen LogP contribution is 2.27. The van der Waals surface area contributed by atoms with E-state index in [2.05, 4.69) is 27.9 Å². The van der Waals surface area contributed by atoms with Crippen LogP contribution in [0.4, 0.5) is 0 Å². The van der Waals surface area contributed by atoms with Crippen molar-refractivity contribution >= 4 is 34.4 Å². The van der Waals surface area contributed by atoms with Crippen molar-refractivity contribution in [3.8, 4) is 0 Å². The van der Waals surface area contributed by atoms with Gasteiger partial charge in [0.25, 0.3) is 5.91 Å². The number of halogens is 1. The second kappa shape index (κ2) is 5.94. The van der Waals surface area contributed by atoms with Crippen LogP contribution in [0.25, 0.3) is 0 Å². The van der Waals surface area contributed by atoms with Crippen molar-refractivity contribution in [1.29, 1.82) is 0 Å². The minimum absolute atomic E-state index is 0.124. The summed E-state index contributed by atoms with van der Waals surface area (Å²) in [4.78, 5) is 26.1. The molecule has 2 aliphatic rings. The number of piperidine rings is 2. The lowest BCUT2D eigenvalue weighted by Crippen LogP contribution is -2.55. The van der Waals surface area contributed by atoms with Gasteiger partial charge in [-0.25, -0.2) is 0 Å². The van der Waals surface area contributed by atoms with Crippen LogP contribution < -0.4 is 5.32 Å². The number of aryl methyl sites for hydroxylation is 1. The fraction of sp³-hybridized carbons (Fsp3) is 0.500. The van der Waals surface area contributed by atoms with E-state index >= 15 is 0 Å². The third kappa shape index (κ3) is 2.93. The average Bonchev–Trinajstić information content (AvgIpc) is 2.49. The van der Waals surface area contributed by atoms with Gasteiger partial charge in [0.05, 0.1) is 5.56 Å². The molecule has 0 aliphatic carbocycles. The van der Waals surface area contributed by atoms with Crippen LogP contribution in [0.2, 0.25) is 0 Å². The Morgan fingerprint density at radius 2 is 2.19 bits per heavy atom. The number of carbonyl (C=O) groups excluding carboxylic acids is 2. The summed E-state index contributed by atoms with van der Waals surface area (Å²) in [7, 11) is 0. The highest BCUT2D eigenvalue weighted by Gasteiger charge is 2.35. The lowest BCUT2D eigenvalue weighted by molar-refractivity contribution is -0.125. The summed E-state index contributed by atoms with van der Waals surface area (Å²) in [5, 5.41) is 3.06. The first-order valence-electron chi connectivity index (χ1n) is 7.40. The molecule has 2 saturated heterocycles. The van der Waals surface area contributed by atoms with E-state index in [1.165, 1.54) is 0 Å². The zero-order valence-electron chi connectivity index (χ0n) is 12.1. The first kappa shape index (κ1) is 14.8. The second-order valence-electron chi connectivity index (χ2n) is 5.95. The van der Waals surface area contributed by atoms with Crippen LogP contribution in [0.15, 0.2) is 18.2 Å². The fourth-order valence-electron chi connectivity index (χ4n) is 3.28. The van der Waals surface area contributed by atoms with Gasteiger partial charge < -0.3 is 10.2 Å². The Hall–Kier alpha value is -1.11. The maximum Gasteiger partial charge on any atom is 0.254 e. The summed E-state index contributed by atoms with van der Waals surface area (Å²) >= 11 is 2.25. The maximum atomic E-state index is 12.7. The predicted octanol–water partition coefficient (Wildman–Crippen LogP) is 2.34. The first-order chi connectivity index (χ1) is 10.1. The van der Waals surface area contributed by atoms with Gasteiger partial charge >= 0.3 is 0 Å². The van der Waals surface area contributed by atoms with Gasteiger partial charge in [-0.15, -0.1) is 0 Å². The second-order valence-corrected chi connectivity index (χ2v) is 7.03.